The molecule has 3 nitrogen and oxygen atoms in total. The van der Waals surface area contributed by atoms with Crippen LogP contribution in [0.2, 0.25) is 0 Å². The second-order valence-corrected chi connectivity index (χ2v) is 4.15. The highest BCUT2D eigenvalue weighted by molar-refractivity contribution is 7.99. The fourth-order valence-corrected chi connectivity index (χ4v) is 1.50. The van der Waals surface area contributed by atoms with Gasteiger partial charge in [0.25, 0.3) is 0 Å². The molecule has 0 heterocycles. The SMILES string of the molecule is CCCSCC(=O)NCCC(C)O. The van der Waals surface area contributed by atoms with Gasteiger partial charge in [0.05, 0.1) is 11.9 Å². The van der Waals surface area contributed by atoms with E-state index in [2.05, 4.69) is 12.2 Å². The Morgan fingerprint density at radius 1 is 1.62 bits per heavy atom. The molecule has 0 aromatic heterocycles. The van der Waals surface area contributed by atoms with Crippen LogP contribution in [0.25, 0.3) is 0 Å². The highest BCUT2D eigenvalue weighted by Gasteiger charge is 2.01. The molecule has 0 aromatic carbocycles. The van der Waals surface area contributed by atoms with Crippen LogP contribution in [0.3, 0.4) is 0 Å². The highest BCUT2D eigenvalue weighted by atomic mass is 32.2. The zero-order chi connectivity index (χ0) is 10.1. The minimum Gasteiger partial charge on any atom is -0.393 e. The number of hydrogen-bond acceptors (Lipinski definition) is 3. The first-order valence-corrected chi connectivity index (χ1v) is 5.84. The van der Waals surface area contributed by atoms with Crippen LogP contribution in [0.1, 0.15) is 26.7 Å². The van der Waals surface area contributed by atoms with Crippen LogP contribution in [-0.2, 0) is 4.79 Å². The molecular formula is C9H19NO2S. The lowest BCUT2D eigenvalue weighted by Crippen LogP contribution is -2.28. The Kier molecular flexibility index (Phi) is 8.24. The van der Waals surface area contributed by atoms with Gasteiger partial charge < -0.3 is 10.4 Å². The second kappa shape index (κ2) is 8.38. The average molecular weight is 205 g/mol. The number of hydrogen-bond donors (Lipinski definition) is 2. The molecule has 1 unspecified atom stereocenters. The van der Waals surface area contributed by atoms with Crippen molar-refractivity contribution in [3.05, 3.63) is 0 Å². The molecule has 0 rings (SSSR count). The topological polar surface area (TPSA) is 49.3 Å². The van der Waals surface area contributed by atoms with E-state index in [9.17, 15) is 4.79 Å². The summed E-state index contributed by atoms with van der Waals surface area (Å²) < 4.78 is 0. The van der Waals surface area contributed by atoms with Crippen molar-refractivity contribution in [3.8, 4) is 0 Å². The Hall–Kier alpha value is -0.220. The normalized spacial score (nSPS) is 12.5. The maximum Gasteiger partial charge on any atom is 0.229 e. The number of nitrogens with one attached hydrogen (secondary N) is 1. The minimum atomic E-state index is -0.330. The zero-order valence-electron chi connectivity index (χ0n) is 8.38. The van der Waals surface area contributed by atoms with Gasteiger partial charge in [0, 0.05) is 6.54 Å². The first-order valence-electron chi connectivity index (χ1n) is 4.69. The van der Waals surface area contributed by atoms with E-state index in [0.29, 0.717) is 18.7 Å². The molecule has 4 heteroatoms. The van der Waals surface area contributed by atoms with E-state index >= 15 is 0 Å². The van der Waals surface area contributed by atoms with Crippen molar-refractivity contribution in [3.63, 3.8) is 0 Å². The molecular weight excluding hydrogens is 186 g/mol. The number of thioether (sulfide) groups is 1. The van der Waals surface area contributed by atoms with Crippen LogP contribution in [-0.4, -0.2) is 35.2 Å². The van der Waals surface area contributed by atoms with Crippen LogP contribution < -0.4 is 5.32 Å². The van der Waals surface area contributed by atoms with Crippen molar-refractivity contribution in [2.75, 3.05) is 18.1 Å². The van der Waals surface area contributed by atoms with E-state index in [0.717, 1.165) is 12.2 Å². The smallest absolute Gasteiger partial charge is 0.229 e. The van der Waals surface area contributed by atoms with Crippen LogP contribution in [0, 0.1) is 0 Å². The fraction of sp³-hybridized carbons (Fsp3) is 0.889. The average Bonchev–Trinajstić information content (AvgIpc) is 2.04. The van der Waals surface area contributed by atoms with E-state index < -0.39 is 0 Å². The third-order valence-electron chi connectivity index (χ3n) is 1.47. The molecule has 0 aliphatic rings. The van der Waals surface area contributed by atoms with Gasteiger partial charge in [-0.1, -0.05) is 6.92 Å². The van der Waals surface area contributed by atoms with Gasteiger partial charge in [-0.05, 0) is 25.5 Å². The van der Waals surface area contributed by atoms with Gasteiger partial charge in [-0.3, -0.25) is 4.79 Å². The summed E-state index contributed by atoms with van der Waals surface area (Å²) in [7, 11) is 0. The molecule has 0 saturated heterocycles. The van der Waals surface area contributed by atoms with E-state index in [4.69, 9.17) is 5.11 Å². The molecule has 0 fully saturated rings. The number of aliphatic hydroxyl groups is 1. The molecule has 0 saturated carbocycles. The van der Waals surface area contributed by atoms with Gasteiger partial charge in [0.2, 0.25) is 5.91 Å². The monoisotopic (exact) mass is 205 g/mol. The molecule has 13 heavy (non-hydrogen) atoms. The van der Waals surface area contributed by atoms with Crippen molar-refractivity contribution < 1.29 is 9.90 Å². The number of aliphatic hydroxyl groups excluding tert-OH is 1. The van der Waals surface area contributed by atoms with Gasteiger partial charge in [-0.25, -0.2) is 0 Å². The van der Waals surface area contributed by atoms with E-state index in [1.165, 1.54) is 0 Å². The van der Waals surface area contributed by atoms with Crippen molar-refractivity contribution >= 4 is 17.7 Å². The summed E-state index contributed by atoms with van der Waals surface area (Å²) in [6.45, 7) is 4.39. The van der Waals surface area contributed by atoms with Crippen LogP contribution in [0.4, 0.5) is 0 Å². The lowest BCUT2D eigenvalue weighted by Gasteiger charge is -2.05. The lowest BCUT2D eigenvalue weighted by molar-refractivity contribution is -0.118. The van der Waals surface area contributed by atoms with Gasteiger partial charge >= 0.3 is 0 Å². The van der Waals surface area contributed by atoms with Crippen molar-refractivity contribution in [1.29, 1.82) is 0 Å². The first kappa shape index (κ1) is 12.8. The van der Waals surface area contributed by atoms with Gasteiger partial charge in [-0.2, -0.15) is 11.8 Å². The fourth-order valence-electron chi connectivity index (χ4n) is 0.781. The Balaban J connectivity index is 3.20. The zero-order valence-corrected chi connectivity index (χ0v) is 9.19. The molecule has 1 atom stereocenters. The summed E-state index contributed by atoms with van der Waals surface area (Å²) in [5.74, 6) is 1.64. The molecule has 0 radical (unpaired) electrons. The molecule has 0 aliphatic carbocycles. The summed E-state index contributed by atoms with van der Waals surface area (Å²) in [6.07, 6.45) is 1.40. The summed E-state index contributed by atoms with van der Waals surface area (Å²) in [4.78, 5) is 11.1. The molecule has 0 aliphatic heterocycles. The maximum atomic E-state index is 11.1. The molecule has 78 valence electrons. The number of amides is 1. The predicted octanol–water partition coefficient (Wildman–Crippen LogP) is 1.02. The summed E-state index contributed by atoms with van der Waals surface area (Å²) >= 11 is 1.65. The highest BCUT2D eigenvalue weighted by Crippen LogP contribution is 2.00. The van der Waals surface area contributed by atoms with Crippen molar-refractivity contribution in [2.45, 2.75) is 32.8 Å². The third kappa shape index (κ3) is 9.70. The Morgan fingerprint density at radius 2 is 2.31 bits per heavy atom. The molecule has 0 aromatic rings. The standard InChI is InChI=1S/C9H19NO2S/c1-3-6-13-7-9(12)10-5-4-8(2)11/h8,11H,3-7H2,1-2H3,(H,10,12). The largest absolute Gasteiger partial charge is 0.393 e. The van der Waals surface area contributed by atoms with Crippen molar-refractivity contribution in [2.24, 2.45) is 0 Å². The van der Waals surface area contributed by atoms with Crippen LogP contribution >= 0.6 is 11.8 Å². The summed E-state index contributed by atoms with van der Waals surface area (Å²) in [6, 6.07) is 0. The number of rotatable bonds is 7. The van der Waals surface area contributed by atoms with Gasteiger partial charge in [0.1, 0.15) is 0 Å². The number of carbonyl (C=O) groups excluding carboxylic acids is 1. The Bertz CT molecular complexity index is 140. The first-order chi connectivity index (χ1) is 6.16. The maximum absolute atomic E-state index is 11.1. The second-order valence-electron chi connectivity index (χ2n) is 3.04. The van der Waals surface area contributed by atoms with Gasteiger partial charge in [-0.15, -0.1) is 0 Å². The molecule has 1 amide bonds. The Labute approximate surface area is 84.3 Å². The molecule has 2 N–H and O–H groups in total. The predicted molar refractivity (Wildman–Crippen MR) is 56.9 cm³/mol. The van der Waals surface area contributed by atoms with Crippen molar-refractivity contribution in [1.82, 2.24) is 5.32 Å². The van der Waals surface area contributed by atoms with Crippen LogP contribution in [0.15, 0.2) is 0 Å². The minimum absolute atomic E-state index is 0.0686. The van der Waals surface area contributed by atoms with Crippen LogP contribution in [0.5, 0.6) is 0 Å². The van der Waals surface area contributed by atoms with E-state index in [1.807, 2.05) is 0 Å². The quantitative estimate of drug-likeness (QED) is 0.610. The third-order valence-corrected chi connectivity index (χ3v) is 2.63. The van der Waals surface area contributed by atoms with E-state index in [1.54, 1.807) is 18.7 Å². The van der Waals surface area contributed by atoms with E-state index in [-0.39, 0.29) is 12.0 Å². The summed E-state index contributed by atoms with van der Waals surface area (Å²) in [5.41, 5.74) is 0. The molecule has 0 bridgehead atoms. The van der Waals surface area contributed by atoms with Gasteiger partial charge in [0.15, 0.2) is 0 Å². The lowest BCUT2D eigenvalue weighted by atomic mass is 10.3. The summed E-state index contributed by atoms with van der Waals surface area (Å²) in [5, 5.41) is 11.7. The molecule has 0 spiro atoms. The number of carbonyl (C=O) groups is 1. The Morgan fingerprint density at radius 3 is 2.85 bits per heavy atom.